The molecule has 17 heteroatoms. The number of aromatic nitrogens is 2. The lowest BCUT2D eigenvalue weighted by atomic mass is 9.86. The highest BCUT2D eigenvalue weighted by atomic mass is 32.2. The first-order valence-electron chi connectivity index (χ1n) is 18.1. The number of sulfonamides is 1. The van der Waals surface area contributed by atoms with Crippen molar-refractivity contribution in [1.29, 1.82) is 0 Å². The second-order valence-corrected chi connectivity index (χ2v) is 15.7. The molecule has 5 rings (SSSR count). The van der Waals surface area contributed by atoms with Gasteiger partial charge in [-0.25, -0.2) is 23.0 Å². The predicted molar refractivity (Wildman–Crippen MR) is 219 cm³/mol. The van der Waals surface area contributed by atoms with Crippen LogP contribution in [0.5, 0.6) is 28.9 Å². The summed E-state index contributed by atoms with van der Waals surface area (Å²) >= 11 is 0. The molecule has 0 saturated carbocycles. The van der Waals surface area contributed by atoms with E-state index in [1.165, 1.54) is 7.11 Å². The Labute approximate surface area is 336 Å². The molecule has 0 aliphatic heterocycles. The fourth-order valence-electron chi connectivity index (χ4n) is 5.74. The molecule has 0 atom stereocenters. The molecule has 4 N–H and O–H groups in total. The van der Waals surface area contributed by atoms with Crippen molar-refractivity contribution in [3.8, 4) is 28.9 Å². The summed E-state index contributed by atoms with van der Waals surface area (Å²) in [5.41, 5.74) is 2.21. The number of hydrogen-bond donors (Lipinski definition) is 4. The monoisotopic (exact) mass is 817 g/mol. The third kappa shape index (κ3) is 12.4. The first-order chi connectivity index (χ1) is 27.6. The number of anilines is 3. The summed E-state index contributed by atoms with van der Waals surface area (Å²) in [4.78, 5) is 33.1. The van der Waals surface area contributed by atoms with E-state index in [4.69, 9.17) is 33.5 Å². The average Bonchev–Trinajstić information content (AvgIpc) is 3.15. The molecule has 0 saturated heterocycles. The van der Waals surface area contributed by atoms with Crippen LogP contribution in [-0.4, -0.2) is 89.0 Å². The van der Waals surface area contributed by atoms with Gasteiger partial charge in [0, 0.05) is 35.5 Å². The maximum Gasteiger partial charge on any atom is 0.329 e. The SMILES string of the molecule is COc1cc(Cc2nccc(Oc3ccc(NC(=O)Nc4cc(C(C)(C)C)cc(NS(C)(=O)=O)c4OC)c4ccccc34)n2)cc(OCCOCCOCC(=O)O)c1. The Balaban J connectivity index is 1.28. The molecule has 1 heterocycles. The van der Waals surface area contributed by atoms with Crippen molar-refractivity contribution >= 4 is 49.9 Å². The van der Waals surface area contributed by atoms with Crippen molar-refractivity contribution in [2.45, 2.75) is 32.6 Å². The summed E-state index contributed by atoms with van der Waals surface area (Å²) in [6, 6.07) is 20.8. The molecule has 0 unspecified atom stereocenters. The number of methoxy groups -OCH3 is 2. The highest BCUT2D eigenvalue weighted by Crippen LogP contribution is 2.40. The summed E-state index contributed by atoms with van der Waals surface area (Å²) in [5.74, 6) is 1.56. The van der Waals surface area contributed by atoms with Crippen molar-refractivity contribution in [2.75, 3.05) is 68.9 Å². The predicted octanol–water partition coefficient (Wildman–Crippen LogP) is 6.84. The van der Waals surface area contributed by atoms with Gasteiger partial charge in [-0.1, -0.05) is 45.0 Å². The lowest BCUT2D eigenvalue weighted by molar-refractivity contribution is -0.142. The Morgan fingerprint density at radius 1 is 0.793 bits per heavy atom. The Kier molecular flexibility index (Phi) is 14.3. The van der Waals surface area contributed by atoms with Gasteiger partial charge in [0.1, 0.15) is 36.3 Å². The number of ether oxygens (including phenoxy) is 6. The molecule has 16 nitrogen and oxygen atoms in total. The number of hydrogen-bond acceptors (Lipinski definition) is 12. The zero-order valence-corrected chi connectivity index (χ0v) is 33.9. The number of benzene rings is 4. The molecule has 0 aliphatic carbocycles. The molecule has 0 aliphatic rings. The van der Waals surface area contributed by atoms with Crippen molar-refractivity contribution in [2.24, 2.45) is 0 Å². The first-order valence-corrected chi connectivity index (χ1v) is 20.0. The van der Waals surface area contributed by atoms with E-state index < -0.39 is 22.0 Å². The van der Waals surface area contributed by atoms with Gasteiger partial charge < -0.3 is 44.2 Å². The summed E-state index contributed by atoms with van der Waals surface area (Å²) < 4.78 is 60.4. The summed E-state index contributed by atoms with van der Waals surface area (Å²) in [5, 5.41) is 15.8. The van der Waals surface area contributed by atoms with Gasteiger partial charge in [-0.3, -0.25) is 4.72 Å². The molecule has 0 spiro atoms. The maximum atomic E-state index is 13.5. The molecule has 2 amide bonds. The maximum absolute atomic E-state index is 13.5. The molecule has 0 radical (unpaired) electrons. The minimum atomic E-state index is -3.65. The van der Waals surface area contributed by atoms with E-state index >= 15 is 0 Å². The van der Waals surface area contributed by atoms with Gasteiger partial charge in [0.2, 0.25) is 15.9 Å². The standard InChI is InChI=1S/C41H47N5O11S/c1-41(2,3)27-22-33(39(53-5)34(23-27)46-58(6,50)51)44-40(49)43-32-11-12-35(31-10-8-7-9-30(31)32)57-37-13-14-42-36(45-37)21-26-19-28(52-4)24-29(20-26)56-18-17-54-15-16-55-25-38(47)48/h7-14,19-20,22-24,46H,15-18,21,25H2,1-6H3,(H,47,48)(H2,43,44,49). The van der Waals surface area contributed by atoms with Gasteiger partial charge in [-0.2, -0.15) is 4.98 Å². The quantitative estimate of drug-likeness (QED) is 0.0631. The molecule has 0 bridgehead atoms. The van der Waals surface area contributed by atoms with Crippen LogP contribution in [0.25, 0.3) is 10.8 Å². The van der Waals surface area contributed by atoms with Gasteiger partial charge >= 0.3 is 12.0 Å². The minimum absolute atomic E-state index is 0.160. The summed E-state index contributed by atoms with van der Waals surface area (Å²) in [6.45, 7) is 6.49. The van der Waals surface area contributed by atoms with Crippen LogP contribution >= 0.6 is 0 Å². The topological polar surface area (TPSA) is 206 Å². The van der Waals surface area contributed by atoms with Crippen LogP contribution < -0.4 is 34.3 Å². The fourth-order valence-corrected chi connectivity index (χ4v) is 6.30. The number of carbonyl (C=O) groups is 2. The second kappa shape index (κ2) is 19.3. The number of carbonyl (C=O) groups excluding carboxylic acids is 1. The van der Waals surface area contributed by atoms with E-state index in [0.29, 0.717) is 51.8 Å². The largest absolute Gasteiger partial charge is 0.497 e. The summed E-state index contributed by atoms with van der Waals surface area (Å²) in [7, 11) is -0.692. The molecule has 1 aromatic heterocycles. The molecule has 4 aromatic carbocycles. The van der Waals surface area contributed by atoms with E-state index in [-0.39, 0.29) is 55.6 Å². The zero-order valence-electron chi connectivity index (χ0n) is 33.1. The van der Waals surface area contributed by atoms with Crippen LogP contribution in [0.3, 0.4) is 0 Å². The number of carboxylic acids is 1. The van der Waals surface area contributed by atoms with E-state index in [1.807, 2.05) is 57.2 Å². The Hall–Kier alpha value is -6.17. The number of nitrogens with zero attached hydrogens (tertiary/aromatic N) is 2. The molecule has 5 aromatic rings. The Morgan fingerprint density at radius 2 is 1.48 bits per heavy atom. The van der Waals surface area contributed by atoms with Crippen LogP contribution in [0.2, 0.25) is 0 Å². The highest BCUT2D eigenvalue weighted by molar-refractivity contribution is 7.92. The molecule has 58 heavy (non-hydrogen) atoms. The number of fused-ring (bicyclic) bond motifs is 1. The lowest BCUT2D eigenvalue weighted by Crippen LogP contribution is -2.22. The number of nitrogens with one attached hydrogen (secondary N) is 3. The van der Waals surface area contributed by atoms with Crippen LogP contribution in [0, 0.1) is 0 Å². The van der Waals surface area contributed by atoms with Gasteiger partial charge in [0.05, 0.1) is 57.4 Å². The number of urea groups is 1. The van der Waals surface area contributed by atoms with Gasteiger partial charge in [-0.15, -0.1) is 0 Å². The summed E-state index contributed by atoms with van der Waals surface area (Å²) in [6.07, 6.45) is 2.99. The highest BCUT2D eigenvalue weighted by Gasteiger charge is 2.23. The van der Waals surface area contributed by atoms with E-state index in [1.54, 1.807) is 49.7 Å². The van der Waals surface area contributed by atoms with Crippen molar-refractivity contribution in [3.05, 3.63) is 95.9 Å². The van der Waals surface area contributed by atoms with Gasteiger partial charge in [-0.05, 0) is 52.9 Å². The molecule has 0 fully saturated rings. The zero-order chi connectivity index (χ0) is 41.9. The van der Waals surface area contributed by atoms with Crippen molar-refractivity contribution in [1.82, 2.24) is 9.97 Å². The molecular formula is C41H47N5O11S. The van der Waals surface area contributed by atoms with Crippen molar-refractivity contribution < 1.29 is 51.5 Å². The van der Waals surface area contributed by atoms with Crippen LogP contribution in [0.1, 0.15) is 37.7 Å². The third-order valence-corrected chi connectivity index (χ3v) is 8.95. The van der Waals surface area contributed by atoms with Crippen LogP contribution in [0.4, 0.5) is 21.9 Å². The molecule has 308 valence electrons. The van der Waals surface area contributed by atoms with Crippen LogP contribution in [-0.2, 0) is 36.1 Å². The number of aliphatic carboxylic acids is 1. The second-order valence-electron chi connectivity index (χ2n) is 14.0. The van der Waals surface area contributed by atoms with E-state index in [0.717, 1.165) is 17.4 Å². The van der Waals surface area contributed by atoms with Gasteiger partial charge in [0.25, 0.3) is 0 Å². The smallest absolute Gasteiger partial charge is 0.329 e. The lowest BCUT2D eigenvalue weighted by Gasteiger charge is -2.24. The normalized spacial score (nSPS) is 11.5. The number of amides is 2. The van der Waals surface area contributed by atoms with E-state index in [9.17, 15) is 18.0 Å². The number of carboxylic acid groups (broad SMARTS) is 1. The van der Waals surface area contributed by atoms with Crippen LogP contribution in [0.15, 0.2) is 79.0 Å². The third-order valence-electron chi connectivity index (χ3n) is 8.36. The Bertz CT molecular complexity index is 2350. The number of rotatable bonds is 19. The Morgan fingerprint density at radius 3 is 2.19 bits per heavy atom. The first kappa shape index (κ1) is 43.0. The van der Waals surface area contributed by atoms with E-state index in [2.05, 4.69) is 25.3 Å². The van der Waals surface area contributed by atoms with Gasteiger partial charge in [0.15, 0.2) is 5.75 Å². The molecular weight excluding hydrogens is 771 g/mol. The van der Waals surface area contributed by atoms with Crippen molar-refractivity contribution in [3.63, 3.8) is 0 Å². The average molecular weight is 818 g/mol. The minimum Gasteiger partial charge on any atom is -0.497 e. The fraction of sp³-hybridized carbons (Fsp3) is 0.317.